The number of carbonyl (C=O) groups excluding carboxylic acids is 2. The van der Waals surface area contributed by atoms with Gasteiger partial charge in [-0.05, 0) is 51.0 Å². The molecule has 190 valence electrons. The van der Waals surface area contributed by atoms with E-state index in [0.717, 1.165) is 16.6 Å². The van der Waals surface area contributed by atoms with Crippen LogP contribution in [0.5, 0.6) is 0 Å². The Morgan fingerprint density at radius 3 is 2.34 bits per heavy atom. The van der Waals surface area contributed by atoms with Crippen molar-refractivity contribution in [2.75, 3.05) is 17.1 Å². The van der Waals surface area contributed by atoms with E-state index in [9.17, 15) is 28.1 Å². The van der Waals surface area contributed by atoms with E-state index in [2.05, 4.69) is 5.32 Å². The van der Waals surface area contributed by atoms with Gasteiger partial charge in [-0.3, -0.25) is 24.0 Å². The summed E-state index contributed by atoms with van der Waals surface area (Å²) in [7, 11) is -4.01. The van der Waals surface area contributed by atoms with Crippen LogP contribution in [0.4, 0.5) is 11.4 Å². The van der Waals surface area contributed by atoms with E-state index in [1.165, 1.54) is 17.0 Å². The second-order valence-corrected chi connectivity index (χ2v) is 10.8. The molecule has 35 heavy (non-hydrogen) atoms. The molecule has 0 heterocycles. The molecule has 0 spiro atoms. The number of anilines is 1. The minimum absolute atomic E-state index is 0.00238. The molecule has 0 fully saturated rings. The molecule has 2 rings (SSSR count). The fourth-order valence-electron chi connectivity index (χ4n) is 3.39. The zero-order chi connectivity index (χ0) is 26.5. The molecule has 0 aromatic heterocycles. The number of nitro benzene ring substituents is 1. The highest BCUT2D eigenvalue weighted by Gasteiger charge is 2.31. The van der Waals surface area contributed by atoms with Gasteiger partial charge in [-0.1, -0.05) is 29.8 Å². The highest BCUT2D eigenvalue weighted by molar-refractivity contribution is 7.92. The van der Waals surface area contributed by atoms with Crippen molar-refractivity contribution in [2.24, 2.45) is 0 Å². The standard InChI is InChI=1S/C23H29ClN4O6S/c1-15(2)25-23(30)17(4)26(13-18-7-6-8-19(24)11-18)22(29)14-27(35(5,33)34)21-12-20(28(31)32)10-9-16(21)3/h6-12,15,17H,13-14H2,1-5H3,(H,25,30). The molecule has 0 aliphatic rings. The number of aryl methyl sites for hydroxylation is 1. The van der Waals surface area contributed by atoms with E-state index in [1.54, 1.807) is 52.0 Å². The van der Waals surface area contributed by atoms with E-state index in [1.807, 2.05) is 0 Å². The average molecular weight is 525 g/mol. The van der Waals surface area contributed by atoms with Crippen LogP contribution >= 0.6 is 11.6 Å². The largest absolute Gasteiger partial charge is 0.352 e. The Morgan fingerprint density at radius 2 is 1.80 bits per heavy atom. The van der Waals surface area contributed by atoms with Crippen molar-refractivity contribution in [2.45, 2.75) is 46.3 Å². The second-order valence-electron chi connectivity index (χ2n) is 8.49. The SMILES string of the molecule is Cc1ccc([N+](=O)[O-])cc1N(CC(=O)N(Cc1cccc(Cl)c1)C(C)C(=O)NC(C)C)S(C)(=O)=O. The third-order valence-corrected chi connectivity index (χ3v) is 6.55. The van der Waals surface area contributed by atoms with Crippen molar-refractivity contribution in [3.05, 3.63) is 68.7 Å². The fraction of sp³-hybridized carbons (Fsp3) is 0.391. The van der Waals surface area contributed by atoms with Gasteiger partial charge in [0, 0.05) is 29.7 Å². The van der Waals surface area contributed by atoms with Gasteiger partial charge in [0.05, 0.1) is 16.9 Å². The molecule has 2 amide bonds. The number of carbonyl (C=O) groups is 2. The molecule has 2 aromatic carbocycles. The Morgan fingerprint density at radius 1 is 1.14 bits per heavy atom. The molecule has 1 atom stereocenters. The molecule has 0 aliphatic heterocycles. The van der Waals surface area contributed by atoms with Crippen molar-refractivity contribution in [1.29, 1.82) is 0 Å². The third kappa shape index (κ3) is 7.66. The lowest BCUT2D eigenvalue weighted by Crippen LogP contribution is -2.52. The number of hydrogen-bond acceptors (Lipinski definition) is 6. The maximum Gasteiger partial charge on any atom is 0.271 e. The molecule has 2 aromatic rings. The first kappa shape index (κ1) is 28.1. The van der Waals surface area contributed by atoms with E-state index in [4.69, 9.17) is 11.6 Å². The molecule has 0 aliphatic carbocycles. The molecule has 0 bridgehead atoms. The van der Waals surface area contributed by atoms with Crippen molar-refractivity contribution < 1.29 is 22.9 Å². The molecule has 0 saturated carbocycles. The number of sulfonamides is 1. The summed E-state index contributed by atoms with van der Waals surface area (Å²) >= 11 is 6.08. The first-order chi connectivity index (χ1) is 16.2. The summed E-state index contributed by atoms with van der Waals surface area (Å²) in [6, 6.07) is 9.43. The third-order valence-electron chi connectivity index (χ3n) is 5.19. The van der Waals surface area contributed by atoms with Gasteiger partial charge in [0.2, 0.25) is 21.8 Å². The maximum atomic E-state index is 13.5. The van der Waals surface area contributed by atoms with Gasteiger partial charge in [-0.2, -0.15) is 0 Å². The second kappa shape index (κ2) is 11.5. The number of non-ortho nitro benzene ring substituents is 1. The van der Waals surface area contributed by atoms with Crippen LogP contribution in [0.15, 0.2) is 42.5 Å². The Labute approximate surface area is 210 Å². The van der Waals surface area contributed by atoms with Crippen LogP contribution in [0, 0.1) is 17.0 Å². The highest BCUT2D eigenvalue weighted by Crippen LogP contribution is 2.28. The first-order valence-electron chi connectivity index (χ1n) is 10.8. The zero-order valence-corrected chi connectivity index (χ0v) is 21.8. The predicted octanol–water partition coefficient (Wildman–Crippen LogP) is 3.26. The predicted molar refractivity (Wildman–Crippen MR) is 135 cm³/mol. The van der Waals surface area contributed by atoms with Gasteiger partial charge in [0.1, 0.15) is 12.6 Å². The number of amides is 2. The first-order valence-corrected chi connectivity index (χ1v) is 13.0. The zero-order valence-electron chi connectivity index (χ0n) is 20.2. The van der Waals surface area contributed by atoms with Crippen molar-refractivity contribution in [3.8, 4) is 0 Å². The van der Waals surface area contributed by atoms with Crippen LogP contribution in [0.3, 0.4) is 0 Å². The average Bonchev–Trinajstić information content (AvgIpc) is 2.74. The summed E-state index contributed by atoms with van der Waals surface area (Å²) in [5.41, 5.74) is 0.775. The lowest BCUT2D eigenvalue weighted by molar-refractivity contribution is -0.384. The van der Waals surface area contributed by atoms with Gasteiger partial charge < -0.3 is 10.2 Å². The quantitative estimate of drug-likeness (QED) is 0.375. The summed E-state index contributed by atoms with van der Waals surface area (Å²) in [5.74, 6) is -1.07. The number of nitro groups is 1. The highest BCUT2D eigenvalue weighted by atomic mass is 35.5. The molecule has 12 heteroatoms. The smallest absolute Gasteiger partial charge is 0.271 e. The van der Waals surface area contributed by atoms with Crippen molar-refractivity contribution in [1.82, 2.24) is 10.2 Å². The van der Waals surface area contributed by atoms with Crippen molar-refractivity contribution in [3.63, 3.8) is 0 Å². The number of nitrogens with zero attached hydrogens (tertiary/aromatic N) is 3. The Balaban J connectivity index is 2.49. The van der Waals surface area contributed by atoms with Gasteiger partial charge in [-0.25, -0.2) is 8.42 Å². The number of benzene rings is 2. The van der Waals surface area contributed by atoms with Crippen LogP contribution in [0.1, 0.15) is 31.9 Å². The summed E-state index contributed by atoms with van der Waals surface area (Å²) in [5, 5.41) is 14.5. The van der Waals surface area contributed by atoms with E-state index < -0.39 is 39.3 Å². The summed E-state index contributed by atoms with van der Waals surface area (Å²) in [4.78, 5) is 38.1. The van der Waals surface area contributed by atoms with E-state index in [0.29, 0.717) is 16.1 Å². The summed E-state index contributed by atoms with van der Waals surface area (Å²) < 4.78 is 26.1. The van der Waals surface area contributed by atoms with E-state index in [-0.39, 0.29) is 24.0 Å². The molecule has 1 N–H and O–H groups in total. The normalized spacial score (nSPS) is 12.2. The van der Waals surface area contributed by atoms with Crippen LogP contribution < -0.4 is 9.62 Å². The Hall–Kier alpha value is -3.18. The summed E-state index contributed by atoms with van der Waals surface area (Å²) in [6.07, 6.45) is 0.911. The van der Waals surface area contributed by atoms with E-state index >= 15 is 0 Å². The topological polar surface area (TPSA) is 130 Å². The number of hydrogen-bond donors (Lipinski definition) is 1. The Kier molecular flexibility index (Phi) is 9.22. The van der Waals surface area contributed by atoms with Crippen LogP contribution in [0.2, 0.25) is 5.02 Å². The van der Waals surface area contributed by atoms with Gasteiger partial charge in [-0.15, -0.1) is 0 Å². The lowest BCUT2D eigenvalue weighted by Gasteiger charge is -2.32. The minimum Gasteiger partial charge on any atom is -0.352 e. The van der Waals surface area contributed by atoms with Gasteiger partial charge in [0.25, 0.3) is 5.69 Å². The number of rotatable bonds is 10. The van der Waals surface area contributed by atoms with Gasteiger partial charge >= 0.3 is 0 Å². The number of halogens is 1. The molecular weight excluding hydrogens is 496 g/mol. The minimum atomic E-state index is -4.01. The van der Waals surface area contributed by atoms with Crippen LogP contribution in [-0.4, -0.2) is 54.9 Å². The fourth-order valence-corrected chi connectivity index (χ4v) is 4.51. The number of nitrogens with one attached hydrogen (secondary N) is 1. The van der Waals surface area contributed by atoms with Crippen LogP contribution in [-0.2, 0) is 26.2 Å². The Bertz CT molecular complexity index is 1220. The van der Waals surface area contributed by atoms with Gasteiger partial charge in [0.15, 0.2) is 0 Å². The molecule has 0 radical (unpaired) electrons. The molecule has 1 unspecified atom stereocenters. The molecular formula is C23H29ClN4O6S. The monoisotopic (exact) mass is 524 g/mol. The molecule has 10 nitrogen and oxygen atoms in total. The maximum absolute atomic E-state index is 13.5. The van der Waals surface area contributed by atoms with Crippen LogP contribution in [0.25, 0.3) is 0 Å². The lowest BCUT2D eigenvalue weighted by atomic mass is 10.1. The molecule has 0 saturated heterocycles. The summed E-state index contributed by atoms with van der Waals surface area (Å²) in [6.45, 7) is 6.04. The van der Waals surface area contributed by atoms with Crippen molar-refractivity contribution >= 4 is 44.8 Å².